The number of anilines is 1. The Morgan fingerprint density at radius 1 is 1.11 bits per heavy atom. The van der Waals surface area contributed by atoms with Crippen molar-refractivity contribution in [1.82, 2.24) is 4.98 Å². The molecule has 4 nitrogen and oxygen atoms in total. The molecule has 0 radical (unpaired) electrons. The van der Waals surface area contributed by atoms with Gasteiger partial charge in [-0.3, -0.25) is 10.1 Å². The SMILES string of the molecule is Cc1ccc(-c2nc(NC(=O)COc3cc(C)c(Cl)c(C)c3)sc2C)cc1. The average molecular weight is 401 g/mol. The number of aromatic nitrogens is 1. The molecule has 1 N–H and O–H groups in total. The van der Waals surface area contributed by atoms with Crippen LogP contribution in [0.1, 0.15) is 21.6 Å². The maximum atomic E-state index is 12.2. The Kier molecular flexibility index (Phi) is 5.82. The van der Waals surface area contributed by atoms with E-state index in [9.17, 15) is 4.79 Å². The van der Waals surface area contributed by atoms with Gasteiger partial charge in [-0.2, -0.15) is 0 Å². The number of halogens is 1. The summed E-state index contributed by atoms with van der Waals surface area (Å²) in [4.78, 5) is 17.8. The first-order chi connectivity index (χ1) is 12.8. The summed E-state index contributed by atoms with van der Waals surface area (Å²) in [6.45, 7) is 7.78. The Hall–Kier alpha value is -2.37. The van der Waals surface area contributed by atoms with Gasteiger partial charge >= 0.3 is 0 Å². The highest BCUT2D eigenvalue weighted by atomic mass is 35.5. The van der Waals surface area contributed by atoms with E-state index in [-0.39, 0.29) is 12.5 Å². The molecule has 2 aromatic carbocycles. The molecule has 0 unspecified atom stereocenters. The molecule has 1 heterocycles. The quantitative estimate of drug-likeness (QED) is 0.596. The van der Waals surface area contributed by atoms with Crippen LogP contribution >= 0.6 is 22.9 Å². The van der Waals surface area contributed by atoms with Crippen LogP contribution < -0.4 is 10.1 Å². The van der Waals surface area contributed by atoms with E-state index in [0.29, 0.717) is 15.9 Å². The van der Waals surface area contributed by atoms with Gasteiger partial charge in [-0.05, 0) is 51.0 Å². The van der Waals surface area contributed by atoms with Crippen LogP contribution in [0.2, 0.25) is 5.02 Å². The molecule has 0 spiro atoms. The van der Waals surface area contributed by atoms with E-state index in [1.807, 2.05) is 52.0 Å². The van der Waals surface area contributed by atoms with Crippen LogP contribution in [0.5, 0.6) is 5.75 Å². The molecule has 0 saturated heterocycles. The third kappa shape index (κ3) is 4.67. The van der Waals surface area contributed by atoms with Gasteiger partial charge < -0.3 is 4.74 Å². The zero-order valence-corrected chi connectivity index (χ0v) is 17.3. The van der Waals surface area contributed by atoms with Crippen molar-refractivity contribution >= 4 is 34.0 Å². The van der Waals surface area contributed by atoms with Crippen LogP contribution in [-0.2, 0) is 4.79 Å². The number of benzene rings is 2. The normalized spacial score (nSPS) is 10.7. The summed E-state index contributed by atoms with van der Waals surface area (Å²) in [5.74, 6) is 0.379. The number of carbonyl (C=O) groups excluding carboxylic acids is 1. The lowest BCUT2D eigenvalue weighted by Gasteiger charge is -2.09. The smallest absolute Gasteiger partial charge is 0.264 e. The summed E-state index contributed by atoms with van der Waals surface area (Å²) < 4.78 is 5.60. The van der Waals surface area contributed by atoms with E-state index < -0.39 is 0 Å². The lowest BCUT2D eigenvalue weighted by atomic mass is 10.1. The van der Waals surface area contributed by atoms with Gasteiger partial charge in [-0.15, -0.1) is 11.3 Å². The minimum atomic E-state index is -0.246. The molecular formula is C21H21ClN2O2S. The van der Waals surface area contributed by atoms with Crippen molar-refractivity contribution in [3.63, 3.8) is 0 Å². The molecule has 0 aliphatic heterocycles. The Bertz CT molecular complexity index is 957. The zero-order valence-electron chi connectivity index (χ0n) is 15.7. The number of nitrogens with one attached hydrogen (secondary N) is 1. The van der Waals surface area contributed by atoms with Crippen molar-refractivity contribution in [2.75, 3.05) is 11.9 Å². The summed E-state index contributed by atoms with van der Waals surface area (Å²) in [7, 11) is 0. The van der Waals surface area contributed by atoms with E-state index in [1.165, 1.54) is 16.9 Å². The fourth-order valence-electron chi connectivity index (χ4n) is 2.72. The maximum absolute atomic E-state index is 12.2. The summed E-state index contributed by atoms with van der Waals surface area (Å²) in [5, 5.41) is 4.10. The predicted octanol–water partition coefficient (Wildman–Crippen LogP) is 5.71. The summed E-state index contributed by atoms with van der Waals surface area (Å²) >= 11 is 7.61. The van der Waals surface area contributed by atoms with Crippen LogP contribution in [-0.4, -0.2) is 17.5 Å². The number of thiazole rings is 1. The van der Waals surface area contributed by atoms with Crippen LogP contribution in [0.4, 0.5) is 5.13 Å². The molecule has 0 aliphatic carbocycles. The Morgan fingerprint density at radius 2 is 1.74 bits per heavy atom. The first kappa shape index (κ1) is 19.4. The molecule has 1 amide bonds. The second-order valence-corrected chi connectivity index (χ2v) is 8.08. The van der Waals surface area contributed by atoms with Gasteiger partial charge in [0.05, 0.1) is 5.69 Å². The number of carbonyl (C=O) groups is 1. The molecule has 0 aliphatic rings. The van der Waals surface area contributed by atoms with Gasteiger partial charge in [-0.1, -0.05) is 41.4 Å². The standard InChI is InChI=1S/C21H21ClN2O2S/c1-12-5-7-16(8-6-12)20-15(4)27-21(24-20)23-18(25)11-26-17-9-13(2)19(22)14(3)10-17/h5-10H,11H2,1-4H3,(H,23,24,25). The average Bonchev–Trinajstić information content (AvgIpc) is 2.98. The van der Waals surface area contributed by atoms with Crippen LogP contribution in [0.15, 0.2) is 36.4 Å². The van der Waals surface area contributed by atoms with E-state index in [2.05, 4.69) is 22.4 Å². The maximum Gasteiger partial charge on any atom is 0.264 e. The highest BCUT2D eigenvalue weighted by Gasteiger charge is 2.13. The second kappa shape index (κ2) is 8.11. The van der Waals surface area contributed by atoms with E-state index in [1.54, 1.807) is 0 Å². The zero-order chi connectivity index (χ0) is 19.6. The van der Waals surface area contributed by atoms with Gasteiger partial charge in [0.1, 0.15) is 5.75 Å². The largest absolute Gasteiger partial charge is 0.484 e. The number of amides is 1. The van der Waals surface area contributed by atoms with Crippen molar-refractivity contribution < 1.29 is 9.53 Å². The minimum Gasteiger partial charge on any atom is -0.484 e. The van der Waals surface area contributed by atoms with Crippen molar-refractivity contribution in [2.24, 2.45) is 0 Å². The second-order valence-electron chi connectivity index (χ2n) is 6.50. The number of hydrogen-bond donors (Lipinski definition) is 1. The fraction of sp³-hybridized carbons (Fsp3) is 0.238. The Morgan fingerprint density at radius 3 is 2.37 bits per heavy atom. The topological polar surface area (TPSA) is 51.2 Å². The van der Waals surface area contributed by atoms with Crippen LogP contribution in [0.25, 0.3) is 11.3 Å². The van der Waals surface area contributed by atoms with Gasteiger partial charge in [-0.25, -0.2) is 4.98 Å². The van der Waals surface area contributed by atoms with Crippen LogP contribution in [0, 0.1) is 27.7 Å². The summed E-state index contributed by atoms with van der Waals surface area (Å²) in [6.07, 6.45) is 0. The number of rotatable bonds is 5. The number of hydrogen-bond acceptors (Lipinski definition) is 4. The molecule has 6 heteroatoms. The predicted molar refractivity (Wildman–Crippen MR) is 112 cm³/mol. The van der Waals surface area contributed by atoms with Crippen molar-refractivity contribution in [3.05, 3.63) is 63.0 Å². The number of ether oxygens (including phenoxy) is 1. The molecule has 0 atom stereocenters. The first-order valence-electron chi connectivity index (χ1n) is 8.57. The molecule has 1 aromatic heterocycles. The van der Waals surface area contributed by atoms with E-state index in [0.717, 1.165) is 27.3 Å². The molecule has 27 heavy (non-hydrogen) atoms. The van der Waals surface area contributed by atoms with Gasteiger partial charge in [0.2, 0.25) is 0 Å². The first-order valence-corrected chi connectivity index (χ1v) is 9.77. The van der Waals surface area contributed by atoms with Gasteiger partial charge in [0.15, 0.2) is 11.7 Å². The van der Waals surface area contributed by atoms with E-state index >= 15 is 0 Å². The number of nitrogens with zero attached hydrogens (tertiary/aromatic N) is 1. The van der Waals surface area contributed by atoms with Gasteiger partial charge in [0, 0.05) is 15.5 Å². The third-order valence-electron chi connectivity index (χ3n) is 4.15. The van der Waals surface area contributed by atoms with Crippen LogP contribution in [0.3, 0.4) is 0 Å². The minimum absolute atomic E-state index is 0.0843. The highest BCUT2D eigenvalue weighted by molar-refractivity contribution is 7.16. The van der Waals surface area contributed by atoms with Gasteiger partial charge in [0.25, 0.3) is 5.91 Å². The monoisotopic (exact) mass is 400 g/mol. The van der Waals surface area contributed by atoms with Crippen molar-refractivity contribution in [1.29, 1.82) is 0 Å². The molecular weight excluding hydrogens is 380 g/mol. The Labute approximate surface area is 168 Å². The molecule has 0 bridgehead atoms. The van der Waals surface area contributed by atoms with Crippen molar-refractivity contribution in [2.45, 2.75) is 27.7 Å². The molecule has 0 saturated carbocycles. The van der Waals surface area contributed by atoms with Crippen molar-refractivity contribution in [3.8, 4) is 17.0 Å². The molecule has 140 valence electrons. The summed E-state index contributed by atoms with van der Waals surface area (Å²) in [5.41, 5.74) is 4.97. The molecule has 0 fully saturated rings. The molecule has 3 rings (SSSR count). The van der Waals surface area contributed by atoms with E-state index in [4.69, 9.17) is 16.3 Å². The third-order valence-corrected chi connectivity index (χ3v) is 5.63. The molecule has 3 aromatic rings. The lowest BCUT2D eigenvalue weighted by molar-refractivity contribution is -0.118. The number of aryl methyl sites for hydroxylation is 4. The lowest BCUT2D eigenvalue weighted by Crippen LogP contribution is -2.20. The Balaban J connectivity index is 1.65. The summed E-state index contributed by atoms with van der Waals surface area (Å²) in [6, 6.07) is 11.8. The fourth-order valence-corrected chi connectivity index (χ4v) is 3.68. The highest BCUT2D eigenvalue weighted by Crippen LogP contribution is 2.30.